The maximum absolute atomic E-state index is 12.9. The number of methoxy groups -OCH3 is 2. The van der Waals surface area contributed by atoms with Gasteiger partial charge in [-0.15, -0.1) is 0 Å². The highest BCUT2D eigenvalue weighted by atomic mass is 16.5. The minimum atomic E-state index is 0.162. The van der Waals surface area contributed by atoms with Crippen molar-refractivity contribution in [2.24, 2.45) is 5.92 Å². The number of fused-ring (bicyclic) bond motifs is 1. The number of carbonyl (C=O) groups is 1. The van der Waals surface area contributed by atoms with Gasteiger partial charge in [-0.25, -0.2) is 0 Å². The molecule has 2 fully saturated rings. The summed E-state index contributed by atoms with van der Waals surface area (Å²) in [7, 11) is 3.24. The summed E-state index contributed by atoms with van der Waals surface area (Å²) in [6.45, 7) is 4.51. The molecule has 0 bridgehead atoms. The van der Waals surface area contributed by atoms with Crippen LogP contribution in [0.3, 0.4) is 0 Å². The first-order valence-electron chi connectivity index (χ1n) is 10.2. The van der Waals surface area contributed by atoms with Gasteiger partial charge in [-0.2, -0.15) is 0 Å². The molecule has 0 aromatic carbocycles. The smallest absolute Gasteiger partial charge is 0.254 e. The topological polar surface area (TPSA) is 68.0 Å². The van der Waals surface area contributed by atoms with Crippen LogP contribution in [0.5, 0.6) is 5.88 Å². The number of hydrogen-bond donors (Lipinski definition) is 0. The van der Waals surface area contributed by atoms with Crippen molar-refractivity contribution in [2.75, 3.05) is 47.0 Å². The second kappa shape index (κ2) is 10.1. The van der Waals surface area contributed by atoms with E-state index < -0.39 is 0 Å². The number of nitrogens with zero attached hydrogens (tertiary/aromatic N) is 3. The molecule has 7 heteroatoms. The Balaban J connectivity index is 1.57. The molecule has 0 N–H and O–H groups in total. The van der Waals surface area contributed by atoms with Crippen molar-refractivity contribution in [3.8, 4) is 5.88 Å². The van der Waals surface area contributed by atoms with E-state index in [1.165, 1.54) is 45.2 Å². The Kier molecular flexibility index (Phi) is 7.52. The van der Waals surface area contributed by atoms with E-state index in [9.17, 15) is 4.79 Å². The number of aryl methyl sites for hydroxylation is 1. The highest BCUT2D eigenvalue weighted by molar-refractivity contribution is 5.76. The molecule has 2 atom stereocenters. The van der Waals surface area contributed by atoms with Crippen molar-refractivity contribution >= 4 is 5.91 Å². The lowest BCUT2D eigenvalue weighted by atomic mass is 9.83. The number of ether oxygens (including phenoxy) is 2. The van der Waals surface area contributed by atoms with Crippen LogP contribution < -0.4 is 4.74 Å². The molecule has 2 aliphatic rings. The first kappa shape index (κ1) is 20.1. The van der Waals surface area contributed by atoms with Crippen LogP contribution in [0, 0.1) is 5.92 Å². The Labute approximate surface area is 161 Å². The van der Waals surface area contributed by atoms with E-state index in [1.807, 2.05) is 4.90 Å². The Morgan fingerprint density at radius 2 is 2.15 bits per heavy atom. The highest BCUT2D eigenvalue weighted by Crippen LogP contribution is 2.31. The van der Waals surface area contributed by atoms with Gasteiger partial charge in [0.2, 0.25) is 5.91 Å². The van der Waals surface area contributed by atoms with E-state index in [1.54, 1.807) is 20.3 Å². The number of aromatic nitrogens is 1. The van der Waals surface area contributed by atoms with Crippen LogP contribution in [-0.2, 0) is 16.0 Å². The quantitative estimate of drug-likeness (QED) is 0.656. The number of rotatable bonds is 9. The minimum Gasteiger partial charge on any atom is -0.479 e. The van der Waals surface area contributed by atoms with Crippen molar-refractivity contribution in [3.05, 3.63) is 11.8 Å². The molecule has 0 aliphatic carbocycles. The molecule has 2 saturated heterocycles. The highest BCUT2D eigenvalue weighted by Gasteiger charge is 2.34. The molecule has 1 aromatic heterocycles. The normalized spacial score (nSPS) is 23.0. The van der Waals surface area contributed by atoms with E-state index in [4.69, 9.17) is 14.0 Å². The molecule has 152 valence electrons. The summed E-state index contributed by atoms with van der Waals surface area (Å²) in [6.07, 6.45) is 7.33. The van der Waals surface area contributed by atoms with Crippen LogP contribution in [0.4, 0.5) is 0 Å². The number of carbonyl (C=O) groups excluding carboxylic acids is 1. The lowest BCUT2D eigenvalue weighted by Crippen LogP contribution is -2.52. The van der Waals surface area contributed by atoms with Crippen LogP contribution in [0.15, 0.2) is 10.6 Å². The molecule has 0 unspecified atom stereocenters. The zero-order valence-corrected chi connectivity index (χ0v) is 16.7. The molecular weight excluding hydrogens is 346 g/mol. The van der Waals surface area contributed by atoms with Gasteiger partial charge in [0.15, 0.2) is 0 Å². The second-order valence-corrected chi connectivity index (χ2v) is 7.67. The fourth-order valence-electron chi connectivity index (χ4n) is 4.49. The van der Waals surface area contributed by atoms with Gasteiger partial charge in [0.25, 0.3) is 5.88 Å². The predicted octanol–water partition coefficient (Wildman–Crippen LogP) is 2.36. The summed E-state index contributed by atoms with van der Waals surface area (Å²) in [5.74, 6) is 1.87. The Bertz CT molecular complexity index is 590. The zero-order chi connectivity index (χ0) is 19.1. The standard InChI is InChI=1S/C20H33N3O4/c1-25-13-12-23(20(24)9-8-17-14-19(26-2)21-27-17)15-16-6-5-11-22-10-4-3-7-18(16)22/h14,16,18H,3-13,15H2,1-2H3/t16-,18+/m1/s1. The van der Waals surface area contributed by atoms with E-state index in [0.717, 1.165) is 6.54 Å². The minimum absolute atomic E-state index is 0.162. The summed E-state index contributed by atoms with van der Waals surface area (Å²) in [5.41, 5.74) is 0. The van der Waals surface area contributed by atoms with Gasteiger partial charge in [0, 0.05) is 45.1 Å². The third kappa shape index (κ3) is 5.45. The molecule has 7 nitrogen and oxygen atoms in total. The maximum Gasteiger partial charge on any atom is 0.254 e. The largest absolute Gasteiger partial charge is 0.479 e. The van der Waals surface area contributed by atoms with Gasteiger partial charge < -0.3 is 23.8 Å². The van der Waals surface area contributed by atoms with Crippen molar-refractivity contribution < 1.29 is 18.8 Å². The molecule has 0 saturated carbocycles. The Morgan fingerprint density at radius 3 is 2.93 bits per heavy atom. The van der Waals surface area contributed by atoms with Gasteiger partial charge in [-0.05, 0) is 49.8 Å². The van der Waals surface area contributed by atoms with Gasteiger partial charge in [0.1, 0.15) is 5.76 Å². The summed E-state index contributed by atoms with van der Waals surface area (Å²) >= 11 is 0. The van der Waals surface area contributed by atoms with Crippen LogP contribution >= 0.6 is 0 Å². The van der Waals surface area contributed by atoms with Crippen LogP contribution in [0.1, 0.15) is 44.3 Å². The summed E-state index contributed by atoms with van der Waals surface area (Å²) < 4.78 is 15.5. The Hall–Kier alpha value is -1.60. The van der Waals surface area contributed by atoms with E-state index in [2.05, 4.69) is 10.1 Å². The molecule has 1 amide bonds. The maximum atomic E-state index is 12.9. The van der Waals surface area contributed by atoms with Crippen molar-refractivity contribution in [2.45, 2.75) is 51.0 Å². The second-order valence-electron chi connectivity index (χ2n) is 7.67. The van der Waals surface area contributed by atoms with E-state index in [-0.39, 0.29) is 5.91 Å². The average molecular weight is 380 g/mol. The van der Waals surface area contributed by atoms with Gasteiger partial charge in [0.05, 0.1) is 13.7 Å². The molecule has 27 heavy (non-hydrogen) atoms. The van der Waals surface area contributed by atoms with E-state index in [0.29, 0.717) is 49.6 Å². The van der Waals surface area contributed by atoms with Crippen LogP contribution in [0.25, 0.3) is 0 Å². The summed E-state index contributed by atoms with van der Waals surface area (Å²) in [4.78, 5) is 17.5. The zero-order valence-electron chi connectivity index (χ0n) is 16.7. The Morgan fingerprint density at radius 1 is 1.30 bits per heavy atom. The molecular formula is C20H33N3O4. The van der Waals surface area contributed by atoms with E-state index >= 15 is 0 Å². The number of hydrogen-bond acceptors (Lipinski definition) is 6. The van der Waals surface area contributed by atoms with Crippen molar-refractivity contribution in [1.82, 2.24) is 15.0 Å². The lowest BCUT2D eigenvalue weighted by molar-refractivity contribution is -0.133. The van der Waals surface area contributed by atoms with Gasteiger partial charge in [-0.1, -0.05) is 6.42 Å². The molecule has 1 aromatic rings. The van der Waals surface area contributed by atoms with Gasteiger partial charge in [-0.3, -0.25) is 4.79 Å². The first-order valence-corrected chi connectivity index (χ1v) is 10.2. The molecule has 0 spiro atoms. The summed E-state index contributed by atoms with van der Waals surface area (Å²) in [6, 6.07) is 2.39. The molecule has 0 radical (unpaired) electrons. The fourth-order valence-corrected chi connectivity index (χ4v) is 4.49. The average Bonchev–Trinajstić information content (AvgIpc) is 3.17. The SMILES string of the molecule is COCCN(C[C@H]1CCCN2CCCC[C@@H]12)C(=O)CCc1cc(OC)no1. The number of amides is 1. The van der Waals surface area contributed by atoms with Gasteiger partial charge >= 0.3 is 0 Å². The van der Waals surface area contributed by atoms with Crippen LogP contribution in [0.2, 0.25) is 0 Å². The third-order valence-corrected chi connectivity index (χ3v) is 5.93. The monoisotopic (exact) mass is 379 g/mol. The first-order chi connectivity index (χ1) is 13.2. The molecule has 2 aliphatic heterocycles. The fraction of sp³-hybridized carbons (Fsp3) is 0.800. The summed E-state index contributed by atoms with van der Waals surface area (Å²) in [5, 5.41) is 3.80. The van der Waals surface area contributed by atoms with Crippen LogP contribution in [-0.4, -0.2) is 73.9 Å². The van der Waals surface area contributed by atoms with Crippen molar-refractivity contribution in [3.63, 3.8) is 0 Å². The molecule has 3 heterocycles. The lowest BCUT2D eigenvalue weighted by Gasteiger charge is -2.45. The van der Waals surface area contributed by atoms with Crippen molar-refractivity contribution in [1.29, 1.82) is 0 Å². The predicted molar refractivity (Wildman–Crippen MR) is 102 cm³/mol. The molecule has 3 rings (SSSR count). The number of piperidine rings is 2. The third-order valence-electron chi connectivity index (χ3n) is 5.93.